The van der Waals surface area contributed by atoms with Crippen LogP contribution in [0.5, 0.6) is 11.5 Å². The maximum absolute atomic E-state index is 12.6. The van der Waals surface area contributed by atoms with Gasteiger partial charge in [-0.3, -0.25) is 4.79 Å². The number of nitrogens with one attached hydrogen (secondary N) is 1. The highest BCUT2D eigenvalue weighted by atomic mass is 16.5. The van der Waals surface area contributed by atoms with Gasteiger partial charge < -0.3 is 14.8 Å². The molecule has 0 saturated carbocycles. The van der Waals surface area contributed by atoms with E-state index in [0.29, 0.717) is 34.7 Å². The third-order valence-electron chi connectivity index (χ3n) is 5.38. The number of carbonyl (C=O) groups excluding carboxylic acids is 2. The van der Waals surface area contributed by atoms with Crippen molar-refractivity contribution < 1.29 is 19.1 Å². The molecule has 0 bridgehead atoms. The second kappa shape index (κ2) is 12.4. The van der Waals surface area contributed by atoms with E-state index in [1.807, 2.05) is 18.2 Å². The van der Waals surface area contributed by atoms with Crippen LogP contribution in [0.4, 0.5) is 5.69 Å². The minimum absolute atomic E-state index is 0.219. The Morgan fingerprint density at radius 2 is 1.52 bits per heavy atom. The quantitative estimate of drug-likeness (QED) is 0.200. The molecule has 0 aliphatic rings. The largest absolute Gasteiger partial charge is 0.494 e. The lowest BCUT2D eigenvalue weighted by Crippen LogP contribution is -2.14. The summed E-state index contributed by atoms with van der Waals surface area (Å²) < 4.78 is 11.4. The van der Waals surface area contributed by atoms with Gasteiger partial charge in [0.15, 0.2) is 0 Å². The zero-order valence-corrected chi connectivity index (χ0v) is 19.3. The molecule has 0 aliphatic carbocycles. The van der Waals surface area contributed by atoms with Gasteiger partial charge in [-0.05, 0) is 61.9 Å². The Kier molecular flexibility index (Phi) is 9.07. The summed E-state index contributed by atoms with van der Waals surface area (Å²) in [5, 5.41) is 2.88. The molecule has 0 saturated heterocycles. The van der Waals surface area contributed by atoms with Crippen LogP contribution < -0.4 is 14.8 Å². The van der Waals surface area contributed by atoms with Crippen molar-refractivity contribution in [2.24, 2.45) is 0 Å². The molecule has 0 aromatic heterocycles. The minimum atomic E-state index is -0.462. The van der Waals surface area contributed by atoms with Crippen LogP contribution in [0.25, 0.3) is 0 Å². The summed E-state index contributed by atoms with van der Waals surface area (Å²) in [5.74, 6) is 0.459. The Hall–Kier alpha value is -3.60. The number of carbonyl (C=O) groups is 2. The maximum atomic E-state index is 12.6. The predicted molar refractivity (Wildman–Crippen MR) is 131 cm³/mol. The van der Waals surface area contributed by atoms with E-state index in [1.165, 1.54) is 25.7 Å². The Bertz CT molecular complexity index is 1050. The fourth-order valence-electron chi connectivity index (χ4n) is 3.39. The first-order valence-corrected chi connectivity index (χ1v) is 11.5. The number of hydrogen-bond acceptors (Lipinski definition) is 4. The third kappa shape index (κ3) is 7.21. The number of unbranched alkanes of at least 4 members (excludes halogenated alkanes) is 4. The second-order valence-corrected chi connectivity index (χ2v) is 7.93. The lowest BCUT2D eigenvalue weighted by molar-refractivity contribution is 0.0733. The van der Waals surface area contributed by atoms with Gasteiger partial charge in [0, 0.05) is 16.8 Å². The van der Waals surface area contributed by atoms with Crippen LogP contribution >= 0.6 is 0 Å². The summed E-state index contributed by atoms with van der Waals surface area (Å²) in [7, 11) is 0. The molecule has 33 heavy (non-hydrogen) atoms. The van der Waals surface area contributed by atoms with Crippen LogP contribution in [0.3, 0.4) is 0 Å². The van der Waals surface area contributed by atoms with Gasteiger partial charge in [-0.1, -0.05) is 56.9 Å². The number of amides is 1. The zero-order chi connectivity index (χ0) is 23.5. The molecule has 0 heterocycles. The molecule has 0 radical (unpaired) electrons. The zero-order valence-electron chi connectivity index (χ0n) is 19.3. The molecule has 3 aromatic rings. The van der Waals surface area contributed by atoms with E-state index < -0.39 is 5.97 Å². The van der Waals surface area contributed by atoms with Crippen molar-refractivity contribution in [3.05, 3.63) is 89.5 Å². The van der Waals surface area contributed by atoms with Crippen LogP contribution in [0.2, 0.25) is 0 Å². The Morgan fingerprint density at radius 1 is 0.788 bits per heavy atom. The summed E-state index contributed by atoms with van der Waals surface area (Å²) in [4.78, 5) is 25.1. The minimum Gasteiger partial charge on any atom is -0.494 e. The molecule has 5 heteroatoms. The van der Waals surface area contributed by atoms with E-state index in [0.717, 1.165) is 12.2 Å². The summed E-state index contributed by atoms with van der Waals surface area (Å²) >= 11 is 0. The summed E-state index contributed by atoms with van der Waals surface area (Å²) in [5.41, 5.74) is 2.26. The lowest BCUT2D eigenvalue weighted by Gasteiger charge is -2.13. The van der Waals surface area contributed by atoms with Gasteiger partial charge >= 0.3 is 5.97 Å². The van der Waals surface area contributed by atoms with Crippen LogP contribution in [0.1, 0.15) is 65.3 Å². The molecule has 0 fully saturated rings. The van der Waals surface area contributed by atoms with Crippen molar-refractivity contribution in [1.82, 2.24) is 0 Å². The van der Waals surface area contributed by atoms with E-state index in [1.54, 1.807) is 61.5 Å². The van der Waals surface area contributed by atoms with Gasteiger partial charge in [0.2, 0.25) is 0 Å². The number of benzene rings is 3. The highest BCUT2D eigenvalue weighted by Crippen LogP contribution is 2.27. The molecular formula is C28H31NO4. The molecule has 0 aliphatic heterocycles. The average Bonchev–Trinajstić information content (AvgIpc) is 2.84. The smallest absolute Gasteiger partial charge is 0.343 e. The molecule has 5 nitrogen and oxygen atoms in total. The predicted octanol–water partition coefficient (Wildman–Crippen LogP) is 6.82. The van der Waals surface area contributed by atoms with E-state index in [-0.39, 0.29) is 5.91 Å². The molecule has 1 amide bonds. The fourth-order valence-corrected chi connectivity index (χ4v) is 3.39. The Labute approximate surface area is 195 Å². The van der Waals surface area contributed by atoms with Gasteiger partial charge in [-0.15, -0.1) is 0 Å². The summed E-state index contributed by atoms with van der Waals surface area (Å²) in [6.07, 6.45) is 5.92. The van der Waals surface area contributed by atoms with Crippen LogP contribution in [0, 0.1) is 6.92 Å². The standard InChI is InChI=1S/C28H31NO4/c1-3-4-5-6-10-20-32-24-18-16-23(17-19-24)28(31)33-26-15-11-14-25(21(26)2)29-27(30)22-12-8-7-9-13-22/h7-9,11-19H,3-6,10,20H2,1-2H3,(H,29,30). The van der Waals surface area contributed by atoms with Gasteiger partial charge in [-0.2, -0.15) is 0 Å². The van der Waals surface area contributed by atoms with Crippen LogP contribution in [-0.2, 0) is 0 Å². The van der Waals surface area contributed by atoms with Crippen LogP contribution in [0.15, 0.2) is 72.8 Å². The lowest BCUT2D eigenvalue weighted by atomic mass is 10.1. The van der Waals surface area contributed by atoms with Gasteiger partial charge in [-0.25, -0.2) is 4.79 Å². The third-order valence-corrected chi connectivity index (χ3v) is 5.38. The van der Waals surface area contributed by atoms with Gasteiger partial charge in [0.05, 0.1) is 12.2 Å². The average molecular weight is 446 g/mol. The van der Waals surface area contributed by atoms with E-state index in [2.05, 4.69) is 12.2 Å². The van der Waals surface area contributed by atoms with Crippen molar-refractivity contribution in [3.8, 4) is 11.5 Å². The van der Waals surface area contributed by atoms with Crippen LogP contribution in [-0.4, -0.2) is 18.5 Å². The van der Waals surface area contributed by atoms with Gasteiger partial charge in [0.25, 0.3) is 5.91 Å². The Morgan fingerprint density at radius 3 is 2.24 bits per heavy atom. The van der Waals surface area contributed by atoms with E-state index in [9.17, 15) is 9.59 Å². The topological polar surface area (TPSA) is 64.6 Å². The normalized spacial score (nSPS) is 10.5. The number of anilines is 1. The number of esters is 1. The molecule has 3 aromatic carbocycles. The van der Waals surface area contributed by atoms with Gasteiger partial charge in [0.1, 0.15) is 11.5 Å². The first kappa shape index (κ1) is 24.1. The molecule has 0 unspecified atom stereocenters. The SMILES string of the molecule is CCCCCCCOc1ccc(C(=O)Oc2cccc(NC(=O)c3ccccc3)c2C)cc1. The molecule has 0 atom stereocenters. The van der Waals surface area contributed by atoms with E-state index >= 15 is 0 Å². The molecule has 1 N–H and O–H groups in total. The summed E-state index contributed by atoms with van der Waals surface area (Å²) in [6, 6.07) is 21.2. The maximum Gasteiger partial charge on any atom is 0.343 e. The number of hydrogen-bond donors (Lipinski definition) is 1. The van der Waals surface area contributed by atoms with Crippen molar-refractivity contribution in [1.29, 1.82) is 0 Å². The van der Waals surface area contributed by atoms with Crippen molar-refractivity contribution in [3.63, 3.8) is 0 Å². The first-order valence-electron chi connectivity index (χ1n) is 11.5. The Balaban J connectivity index is 1.56. The number of ether oxygens (including phenoxy) is 2. The highest BCUT2D eigenvalue weighted by molar-refractivity contribution is 6.04. The van der Waals surface area contributed by atoms with E-state index in [4.69, 9.17) is 9.47 Å². The van der Waals surface area contributed by atoms with Crippen molar-refractivity contribution in [2.45, 2.75) is 46.0 Å². The highest BCUT2D eigenvalue weighted by Gasteiger charge is 2.14. The van der Waals surface area contributed by atoms with Crippen molar-refractivity contribution in [2.75, 3.05) is 11.9 Å². The fraction of sp³-hybridized carbons (Fsp3) is 0.286. The molecular weight excluding hydrogens is 414 g/mol. The molecule has 3 rings (SSSR count). The molecule has 172 valence electrons. The molecule has 0 spiro atoms. The first-order chi connectivity index (χ1) is 16.1. The van der Waals surface area contributed by atoms with Crippen molar-refractivity contribution >= 4 is 17.6 Å². The summed E-state index contributed by atoms with van der Waals surface area (Å²) in [6.45, 7) is 4.68. The monoisotopic (exact) mass is 445 g/mol. The number of rotatable bonds is 11. The second-order valence-electron chi connectivity index (χ2n) is 7.93.